The van der Waals surface area contributed by atoms with Gasteiger partial charge in [-0.25, -0.2) is 0 Å². The second-order valence-corrected chi connectivity index (χ2v) is 3.13. The summed E-state index contributed by atoms with van der Waals surface area (Å²) in [6, 6.07) is 0. The molecule has 0 amide bonds. The van der Waals surface area contributed by atoms with E-state index < -0.39 is 0 Å². The van der Waals surface area contributed by atoms with Gasteiger partial charge in [0.15, 0.2) is 0 Å². The minimum atomic E-state index is 0.957. The molecule has 2 rings (SSSR count). The van der Waals surface area contributed by atoms with Gasteiger partial charge in [-0.3, -0.25) is 4.98 Å². The van der Waals surface area contributed by atoms with Gasteiger partial charge < -0.3 is 4.90 Å². The number of allylic oxidation sites excluding steroid dienone is 2. The minimum Gasteiger partial charge on any atom is -0.335 e. The van der Waals surface area contributed by atoms with Crippen LogP contribution >= 0.6 is 11.3 Å². The van der Waals surface area contributed by atoms with Crippen molar-refractivity contribution in [1.29, 1.82) is 0 Å². The number of hydrogen-bond acceptors (Lipinski definition) is 3. The zero-order valence-corrected chi connectivity index (χ0v) is 6.79. The summed E-state index contributed by atoms with van der Waals surface area (Å²) in [5.41, 5.74) is 1.85. The SMILES string of the molecule is C1=CCN(c2cncs2)C=C1. The average Bonchev–Trinajstić information content (AvgIpc) is 2.58. The lowest BCUT2D eigenvalue weighted by atomic mass is 10.4. The molecule has 0 saturated carbocycles. The highest BCUT2D eigenvalue weighted by Gasteiger charge is 2.03. The smallest absolute Gasteiger partial charge is 0.115 e. The minimum absolute atomic E-state index is 0.957. The predicted octanol–water partition coefficient (Wildman–Crippen LogP) is 2.03. The highest BCUT2D eigenvalue weighted by atomic mass is 32.1. The molecule has 11 heavy (non-hydrogen) atoms. The van der Waals surface area contributed by atoms with Crippen LogP contribution in [0.25, 0.3) is 0 Å². The van der Waals surface area contributed by atoms with Crippen LogP contribution in [0.5, 0.6) is 0 Å². The van der Waals surface area contributed by atoms with Gasteiger partial charge >= 0.3 is 0 Å². The van der Waals surface area contributed by atoms with Crippen molar-refractivity contribution in [3.8, 4) is 0 Å². The summed E-state index contributed by atoms with van der Waals surface area (Å²) in [5.74, 6) is 0. The van der Waals surface area contributed by atoms with Crippen molar-refractivity contribution in [3.63, 3.8) is 0 Å². The monoisotopic (exact) mass is 164 g/mol. The van der Waals surface area contributed by atoms with E-state index in [0.29, 0.717) is 0 Å². The highest BCUT2D eigenvalue weighted by Crippen LogP contribution is 2.20. The quantitative estimate of drug-likeness (QED) is 0.631. The van der Waals surface area contributed by atoms with Crippen molar-refractivity contribution >= 4 is 16.3 Å². The second-order valence-electron chi connectivity index (χ2n) is 2.26. The largest absolute Gasteiger partial charge is 0.335 e. The molecule has 56 valence electrons. The Morgan fingerprint density at radius 2 is 2.45 bits per heavy atom. The summed E-state index contributed by atoms with van der Waals surface area (Å²) in [4.78, 5) is 6.18. The van der Waals surface area contributed by atoms with E-state index in [1.165, 1.54) is 5.00 Å². The molecular formula is C8H8N2S. The Kier molecular flexibility index (Phi) is 1.73. The molecule has 1 aliphatic heterocycles. The number of rotatable bonds is 1. The number of anilines is 1. The van der Waals surface area contributed by atoms with E-state index in [1.54, 1.807) is 11.3 Å². The van der Waals surface area contributed by atoms with E-state index in [2.05, 4.69) is 28.2 Å². The molecule has 0 N–H and O–H groups in total. The zero-order chi connectivity index (χ0) is 7.52. The second kappa shape index (κ2) is 2.88. The van der Waals surface area contributed by atoms with Gasteiger partial charge in [0.05, 0.1) is 11.7 Å². The third-order valence-corrected chi connectivity index (χ3v) is 2.33. The van der Waals surface area contributed by atoms with E-state index in [4.69, 9.17) is 0 Å². The van der Waals surface area contributed by atoms with Crippen LogP contribution in [-0.4, -0.2) is 11.5 Å². The topological polar surface area (TPSA) is 16.1 Å². The number of nitrogens with zero attached hydrogens (tertiary/aromatic N) is 2. The Morgan fingerprint density at radius 3 is 3.09 bits per heavy atom. The van der Waals surface area contributed by atoms with Gasteiger partial charge in [0.25, 0.3) is 0 Å². The lowest BCUT2D eigenvalue weighted by molar-refractivity contribution is 1.09. The lowest BCUT2D eigenvalue weighted by Gasteiger charge is -2.16. The van der Waals surface area contributed by atoms with Crippen LogP contribution < -0.4 is 4.90 Å². The molecule has 0 radical (unpaired) electrons. The van der Waals surface area contributed by atoms with E-state index in [0.717, 1.165) is 6.54 Å². The van der Waals surface area contributed by atoms with E-state index in [1.807, 2.05) is 17.8 Å². The highest BCUT2D eigenvalue weighted by molar-refractivity contribution is 7.13. The van der Waals surface area contributed by atoms with Crippen LogP contribution in [0, 0.1) is 0 Å². The molecule has 2 nitrogen and oxygen atoms in total. The zero-order valence-electron chi connectivity index (χ0n) is 5.97. The Labute approximate surface area is 69.5 Å². The van der Waals surface area contributed by atoms with E-state index in [9.17, 15) is 0 Å². The summed E-state index contributed by atoms with van der Waals surface area (Å²) in [5, 5.41) is 1.20. The maximum Gasteiger partial charge on any atom is 0.115 e. The van der Waals surface area contributed by atoms with Crippen LogP contribution in [0.15, 0.2) is 36.1 Å². The van der Waals surface area contributed by atoms with Gasteiger partial charge in [0.1, 0.15) is 5.00 Å². The molecule has 0 fully saturated rings. The van der Waals surface area contributed by atoms with Crippen LogP contribution in [0.4, 0.5) is 5.00 Å². The first-order chi connectivity index (χ1) is 5.47. The molecule has 0 unspecified atom stereocenters. The third-order valence-electron chi connectivity index (χ3n) is 1.52. The standard InChI is InChI=1S/C8H8N2S/c1-2-4-10(5-3-1)8-6-9-7-11-8/h1-4,6-7H,5H2. The first-order valence-corrected chi connectivity index (χ1v) is 4.33. The fourth-order valence-electron chi connectivity index (χ4n) is 0.982. The third kappa shape index (κ3) is 1.33. The fraction of sp³-hybridized carbons (Fsp3) is 0.125. The van der Waals surface area contributed by atoms with Crippen molar-refractivity contribution in [3.05, 3.63) is 36.1 Å². The Morgan fingerprint density at radius 1 is 1.45 bits per heavy atom. The van der Waals surface area contributed by atoms with Gasteiger partial charge in [0.2, 0.25) is 0 Å². The Bertz CT molecular complexity index is 274. The Hall–Kier alpha value is -1.09. The van der Waals surface area contributed by atoms with Gasteiger partial charge in [-0.1, -0.05) is 12.2 Å². The van der Waals surface area contributed by atoms with Gasteiger partial charge in [-0.05, 0) is 6.08 Å². The van der Waals surface area contributed by atoms with Gasteiger partial charge in [0, 0.05) is 12.7 Å². The molecule has 0 aliphatic carbocycles. The molecule has 0 atom stereocenters. The van der Waals surface area contributed by atoms with Crippen molar-refractivity contribution < 1.29 is 0 Å². The maximum atomic E-state index is 4.02. The van der Waals surface area contributed by atoms with Crippen LogP contribution in [0.3, 0.4) is 0 Å². The molecule has 0 saturated heterocycles. The molecule has 1 aliphatic rings. The van der Waals surface area contributed by atoms with Crippen molar-refractivity contribution in [2.75, 3.05) is 11.4 Å². The maximum absolute atomic E-state index is 4.02. The predicted molar refractivity (Wildman–Crippen MR) is 47.7 cm³/mol. The number of aromatic nitrogens is 1. The number of hydrogen-bond donors (Lipinski definition) is 0. The summed E-state index contributed by atoms with van der Waals surface area (Å²) in [6.07, 6.45) is 10.2. The molecule has 0 bridgehead atoms. The van der Waals surface area contributed by atoms with Gasteiger partial charge in [-0.15, -0.1) is 11.3 Å². The summed E-state index contributed by atoms with van der Waals surface area (Å²) >= 11 is 1.66. The van der Waals surface area contributed by atoms with E-state index >= 15 is 0 Å². The first-order valence-electron chi connectivity index (χ1n) is 3.45. The molecular weight excluding hydrogens is 156 g/mol. The van der Waals surface area contributed by atoms with Crippen LogP contribution in [-0.2, 0) is 0 Å². The van der Waals surface area contributed by atoms with Crippen LogP contribution in [0.1, 0.15) is 0 Å². The lowest BCUT2D eigenvalue weighted by Crippen LogP contribution is -2.15. The van der Waals surface area contributed by atoms with Gasteiger partial charge in [-0.2, -0.15) is 0 Å². The van der Waals surface area contributed by atoms with Crippen molar-refractivity contribution in [1.82, 2.24) is 4.98 Å². The molecule has 1 aromatic rings. The molecule has 0 spiro atoms. The fourth-order valence-corrected chi connectivity index (χ4v) is 1.60. The molecule has 0 aromatic carbocycles. The summed E-state index contributed by atoms with van der Waals surface area (Å²) < 4.78 is 0. The Balaban J connectivity index is 2.19. The molecule has 2 heterocycles. The van der Waals surface area contributed by atoms with E-state index in [-0.39, 0.29) is 0 Å². The summed E-state index contributed by atoms with van der Waals surface area (Å²) in [6.45, 7) is 0.957. The number of thiazole rings is 1. The molecule has 1 aromatic heterocycles. The van der Waals surface area contributed by atoms with Crippen molar-refractivity contribution in [2.45, 2.75) is 0 Å². The summed E-state index contributed by atoms with van der Waals surface area (Å²) in [7, 11) is 0. The normalized spacial score (nSPS) is 15.8. The molecule has 3 heteroatoms. The first kappa shape index (κ1) is 6.61. The van der Waals surface area contributed by atoms with Crippen LogP contribution in [0.2, 0.25) is 0 Å². The van der Waals surface area contributed by atoms with Crippen molar-refractivity contribution in [2.24, 2.45) is 0 Å². The average molecular weight is 164 g/mol.